The number of aliphatic hydroxyl groups excluding tert-OH is 1. The lowest BCUT2D eigenvalue weighted by atomic mass is 9.87. The van der Waals surface area contributed by atoms with Crippen molar-refractivity contribution in [1.82, 2.24) is 15.5 Å². The predicted octanol–water partition coefficient (Wildman–Crippen LogP) is -0.476. The van der Waals surface area contributed by atoms with Crippen molar-refractivity contribution in [3.05, 3.63) is 10.6 Å². The van der Waals surface area contributed by atoms with E-state index in [1.165, 1.54) is 6.92 Å². The third-order valence-corrected chi connectivity index (χ3v) is 6.34. The van der Waals surface area contributed by atoms with Crippen LogP contribution in [0.25, 0.3) is 0 Å². The van der Waals surface area contributed by atoms with Crippen LogP contribution >= 0.6 is 11.8 Å². The van der Waals surface area contributed by atoms with Crippen LogP contribution in [-0.4, -0.2) is 82.0 Å². The molecule has 1 amide bonds. The highest BCUT2D eigenvalue weighted by molar-refractivity contribution is 8.03. The number of carbonyl (C=O) groups excluding carboxylic acids is 1. The van der Waals surface area contributed by atoms with Gasteiger partial charge >= 0.3 is 11.9 Å². The first-order valence-corrected chi connectivity index (χ1v) is 9.23. The van der Waals surface area contributed by atoms with Gasteiger partial charge in [-0.1, -0.05) is 6.92 Å². The highest BCUT2D eigenvalue weighted by atomic mass is 32.2. The first-order valence-electron chi connectivity index (χ1n) is 11.4. The maximum Gasteiger partial charge on any atom is 0.352 e. The Labute approximate surface area is 170 Å². The summed E-state index contributed by atoms with van der Waals surface area (Å²) in [7, 11) is 0. The zero-order valence-electron chi connectivity index (χ0n) is 20.8. The average Bonchev–Trinajstić information content (AvgIpc) is 3.19. The standard InChI is InChI=1S/C17H27N3O6S/c1-7-12(11(8(2)21)16(23)24)19-13(17(25)26)14(7)27-9-5-10(18-6-9)15(22)20(3)4/h7-12,18-19,21H,5-6H2,1-4H3,(H,23,24)(H,25,26)/t7-,8-,9+,10+,11-,12?/m1/s1/i3D3,4D3. The van der Waals surface area contributed by atoms with Crippen molar-refractivity contribution in [3.8, 4) is 0 Å². The molecule has 6 atom stereocenters. The van der Waals surface area contributed by atoms with Crippen molar-refractivity contribution >= 4 is 29.6 Å². The summed E-state index contributed by atoms with van der Waals surface area (Å²) in [5.41, 5.74) is -0.203. The van der Waals surface area contributed by atoms with Gasteiger partial charge in [0.05, 0.1) is 12.1 Å². The van der Waals surface area contributed by atoms with Gasteiger partial charge in [0.25, 0.3) is 0 Å². The molecule has 0 saturated carbocycles. The van der Waals surface area contributed by atoms with Crippen molar-refractivity contribution < 1.29 is 37.9 Å². The van der Waals surface area contributed by atoms with Crippen LogP contribution in [0.5, 0.6) is 0 Å². The van der Waals surface area contributed by atoms with Gasteiger partial charge in [-0.3, -0.25) is 9.59 Å². The molecule has 1 unspecified atom stereocenters. The normalized spacial score (nSPS) is 34.2. The number of nitrogens with zero attached hydrogens (tertiary/aromatic N) is 1. The Morgan fingerprint density at radius 1 is 1.33 bits per heavy atom. The fraction of sp³-hybridized carbons (Fsp3) is 0.706. The molecular formula is C17H27N3O6S. The summed E-state index contributed by atoms with van der Waals surface area (Å²) in [4.78, 5) is 36.3. The van der Waals surface area contributed by atoms with Crippen molar-refractivity contribution in [2.75, 3.05) is 20.5 Å². The average molecular weight is 408 g/mol. The first kappa shape index (κ1) is 14.3. The van der Waals surface area contributed by atoms with Crippen LogP contribution in [0.3, 0.4) is 0 Å². The highest BCUT2D eigenvalue weighted by Gasteiger charge is 2.45. The van der Waals surface area contributed by atoms with Gasteiger partial charge in [-0.25, -0.2) is 4.79 Å². The molecule has 0 radical (unpaired) electrons. The van der Waals surface area contributed by atoms with Crippen molar-refractivity contribution in [3.63, 3.8) is 0 Å². The number of aliphatic carboxylic acids is 2. The predicted molar refractivity (Wildman–Crippen MR) is 100 cm³/mol. The molecule has 10 heteroatoms. The number of amides is 1. The molecule has 9 nitrogen and oxygen atoms in total. The van der Waals surface area contributed by atoms with E-state index >= 15 is 0 Å². The zero-order valence-corrected chi connectivity index (χ0v) is 15.6. The molecule has 2 heterocycles. The van der Waals surface area contributed by atoms with Gasteiger partial charge in [0, 0.05) is 50.8 Å². The van der Waals surface area contributed by atoms with Gasteiger partial charge < -0.3 is 30.9 Å². The number of rotatable bonds is 7. The number of hydrogen-bond donors (Lipinski definition) is 5. The summed E-state index contributed by atoms with van der Waals surface area (Å²) in [6.45, 7) is -3.23. The minimum absolute atomic E-state index is 0.0404. The number of hydrogen-bond acceptors (Lipinski definition) is 7. The molecule has 1 saturated heterocycles. The summed E-state index contributed by atoms with van der Waals surface area (Å²) in [5.74, 6) is -5.56. The molecule has 2 aliphatic rings. The Hall–Kier alpha value is -1.78. The molecule has 0 aromatic carbocycles. The SMILES string of the molecule is [2H]C([2H])([2H])N(C(=O)[C@@H]1C[C@H](SC2=C(C(=O)O)NC([C@H](C(=O)O)[C@@H](C)O)[C@H]2C)CN1)C([2H])([2H])[2H]. The van der Waals surface area contributed by atoms with Gasteiger partial charge in [-0.05, 0) is 13.3 Å². The number of likely N-dealkylation sites (N-methyl/N-ethyl adjacent to an activating group) is 1. The van der Waals surface area contributed by atoms with Crippen molar-refractivity contribution in [2.24, 2.45) is 11.8 Å². The minimum atomic E-state index is -3.17. The Bertz CT molecular complexity index is 819. The summed E-state index contributed by atoms with van der Waals surface area (Å²) < 4.78 is 44.4. The molecule has 2 rings (SSSR count). The molecule has 0 bridgehead atoms. The van der Waals surface area contributed by atoms with E-state index in [0.29, 0.717) is 4.91 Å². The Kier molecular flexibility index (Phi) is 4.48. The van der Waals surface area contributed by atoms with Crippen molar-refractivity contribution in [2.45, 2.75) is 43.7 Å². The van der Waals surface area contributed by atoms with Gasteiger partial charge in [-0.15, -0.1) is 11.8 Å². The third-order valence-electron chi connectivity index (χ3n) is 4.82. The van der Waals surface area contributed by atoms with E-state index in [1.54, 1.807) is 6.92 Å². The Morgan fingerprint density at radius 3 is 2.52 bits per heavy atom. The molecule has 152 valence electrons. The van der Waals surface area contributed by atoms with E-state index in [-0.39, 0.29) is 23.6 Å². The van der Waals surface area contributed by atoms with Crippen LogP contribution in [0.1, 0.15) is 28.5 Å². The summed E-state index contributed by atoms with van der Waals surface area (Å²) in [6, 6.07) is -1.98. The fourth-order valence-electron chi connectivity index (χ4n) is 3.46. The van der Waals surface area contributed by atoms with Gasteiger partial charge in [0.1, 0.15) is 11.6 Å². The number of carbonyl (C=O) groups is 3. The monoisotopic (exact) mass is 407 g/mol. The molecule has 27 heavy (non-hydrogen) atoms. The number of carboxylic acids is 2. The Balaban J connectivity index is 2.20. The number of nitrogens with one attached hydrogen (secondary N) is 2. The van der Waals surface area contributed by atoms with E-state index in [4.69, 9.17) is 8.22 Å². The van der Waals surface area contributed by atoms with Gasteiger partial charge in [0.15, 0.2) is 0 Å². The smallest absolute Gasteiger partial charge is 0.352 e. The van der Waals surface area contributed by atoms with Crippen LogP contribution in [0, 0.1) is 11.8 Å². The van der Waals surface area contributed by atoms with Gasteiger partial charge in [0.2, 0.25) is 5.91 Å². The van der Waals surface area contributed by atoms with E-state index in [9.17, 15) is 29.7 Å². The van der Waals surface area contributed by atoms with E-state index in [0.717, 1.165) is 11.8 Å². The van der Waals surface area contributed by atoms with Crippen LogP contribution < -0.4 is 10.6 Å². The molecule has 1 fully saturated rings. The largest absolute Gasteiger partial charge is 0.481 e. The number of carboxylic acid groups (broad SMARTS) is 2. The second kappa shape index (κ2) is 8.49. The summed E-state index contributed by atoms with van der Waals surface area (Å²) in [5, 5.41) is 34.1. The third kappa shape index (κ3) is 4.56. The quantitative estimate of drug-likeness (QED) is 0.379. The maximum absolute atomic E-state index is 12.7. The van der Waals surface area contributed by atoms with E-state index in [1.807, 2.05) is 0 Å². The summed E-state index contributed by atoms with van der Waals surface area (Å²) in [6.07, 6.45) is -1.21. The van der Waals surface area contributed by atoms with Gasteiger partial charge in [-0.2, -0.15) is 0 Å². The molecule has 0 aromatic heterocycles. The zero-order chi connectivity index (χ0) is 25.5. The highest BCUT2D eigenvalue weighted by Crippen LogP contribution is 2.41. The molecule has 5 N–H and O–H groups in total. The Morgan fingerprint density at radius 2 is 2.00 bits per heavy atom. The number of thioether (sulfide) groups is 1. The summed E-state index contributed by atoms with van der Waals surface area (Å²) >= 11 is 1.10. The van der Waals surface area contributed by atoms with Crippen LogP contribution in [0.2, 0.25) is 0 Å². The molecule has 0 spiro atoms. The lowest BCUT2D eigenvalue weighted by Gasteiger charge is -2.27. The van der Waals surface area contributed by atoms with Crippen LogP contribution in [-0.2, 0) is 14.4 Å². The molecular weight excluding hydrogens is 374 g/mol. The molecule has 0 aliphatic carbocycles. The topological polar surface area (TPSA) is 139 Å². The van der Waals surface area contributed by atoms with Crippen molar-refractivity contribution in [1.29, 1.82) is 0 Å². The van der Waals surface area contributed by atoms with Crippen LogP contribution in [0.4, 0.5) is 0 Å². The van der Waals surface area contributed by atoms with Crippen LogP contribution in [0.15, 0.2) is 10.6 Å². The second-order valence-electron chi connectivity index (χ2n) is 6.72. The second-order valence-corrected chi connectivity index (χ2v) is 8.06. The lowest BCUT2D eigenvalue weighted by Crippen LogP contribution is -2.45. The fourth-order valence-corrected chi connectivity index (χ4v) is 4.92. The van der Waals surface area contributed by atoms with E-state index < -0.39 is 67.1 Å². The first-order chi connectivity index (χ1) is 15.0. The lowest BCUT2D eigenvalue weighted by molar-refractivity contribution is -0.147. The molecule has 0 aromatic rings. The maximum atomic E-state index is 12.7. The minimum Gasteiger partial charge on any atom is -0.481 e. The number of aliphatic hydroxyl groups is 1. The molecule has 2 aliphatic heterocycles. The van der Waals surface area contributed by atoms with E-state index in [2.05, 4.69) is 10.6 Å².